The van der Waals surface area contributed by atoms with Gasteiger partial charge in [-0.25, -0.2) is 0 Å². The lowest BCUT2D eigenvalue weighted by Gasteiger charge is -2.32. The molecule has 2 aromatic rings. The van der Waals surface area contributed by atoms with E-state index in [0.717, 1.165) is 38.2 Å². The van der Waals surface area contributed by atoms with Crippen molar-refractivity contribution in [2.24, 2.45) is 0 Å². The highest BCUT2D eigenvalue weighted by Gasteiger charge is 2.20. The van der Waals surface area contributed by atoms with Crippen molar-refractivity contribution in [3.8, 4) is 5.75 Å². The van der Waals surface area contributed by atoms with Gasteiger partial charge >= 0.3 is 0 Å². The van der Waals surface area contributed by atoms with Crippen molar-refractivity contribution >= 4 is 5.91 Å². The second kappa shape index (κ2) is 9.74. The molecule has 0 spiro atoms. The molecule has 0 unspecified atom stereocenters. The van der Waals surface area contributed by atoms with Crippen molar-refractivity contribution in [2.45, 2.75) is 52.6 Å². The van der Waals surface area contributed by atoms with Gasteiger partial charge < -0.3 is 10.1 Å². The van der Waals surface area contributed by atoms with Crippen LogP contribution in [0.3, 0.4) is 0 Å². The van der Waals surface area contributed by atoms with Gasteiger partial charge in [0.15, 0.2) is 0 Å². The first-order chi connectivity index (χ1) is 13.5. The highest BCUT2D eigenvalue weighted by molar-refractivity contribution is 5.76. The molecule has 1 N–H and O–H groups in total. The predicted molar refractivity (Wildman–Crippen MR) is 114 cm³/mol. The van der Waals surface area contributed by atoms with Gasteiger partial charge in [-0.1, -0.05) is 35.9 Å². The van der Waals surface area contributed by atoms with Crippen LogP contribution in [-0.4, -0.2) is 36.5 Å². The molecule has 28 heavy (non-hydrogen) atoms. The number of hydrogen-bond acceptors (Lipinski definition) is 3. The Labute approximate surface area is 168 Å². The Kier molecular flexibility index (Phi) is 7.10. The second-order valence-electron chi connectivity index (χ2n) is 7.95. The fraction of sp³-hybridized carbons (Fsp3) is 0.458. The molecule has 4 nitrogen and oxygen atoms in total. The topological polar surface area (TPSA) is 41.6 Å². The van der Waals surface area contributed by atoms with Gasteiger partial charge in [0.1, 0.15) is 5.75 Å². The molecule has 0 aromatic heterocycles. The lowest BCUT2D eigenvalue weighted by atomic mass is 10.0. The minimum Gasteiger partial charge on any atom is -0.493 e. The number of aryl methyl sites for hydroxylation is 3. The van der Waals surface area contributed by atoms with Crippen LogP contribution in [0.4, 0.5) is 0 Å². The van der Waals surface area contributed by atoms with E-state index in [0.29, 0.717) is 13.0 Å². The molecule has 4 heteroatoms. The fourth-order valence-corrected chi connectivity index (χ4v) is 3.67. The van der Waals surface area contributed by atoms with Crippen molar-refractivity contribution < 1.29 is 9.53 Å². The molecule has 3 rings (SSSR count). The van der Waals surface area contributed by atoms with Crippen molar-refractivity contribution in [1.29, 1.82) is 0 Å². The third-order valence-electron chi connectivity index (χ3n) is 5.52. The predicted octanol–water partition coefficient (Wildman–Crippen LogP) is 4.16. The van der Waals surface area contributed by atoms with Crippen LogP contribution in [0.1, 0.15) is 41.5 Å². The second-order valence-corrected chi connectivity index (χ2v) is 7.95. The number of benzene rings is 2. The molecule has 1 heterocycles. The van der Waals surface area contributed by atoms with Gasteiger partial charge in [-0.05, 0) is 62.4 Å². The van der Waals surface area contributed by atoms with Crippen molar-refractivity contribution in [3.63, 3.8) is 0 Å². The third kappa shape index (κ3) is 6.10. The van der Waals surface area contributed by atoms with E-state index in [2.05, 4.69) is 61.3 Å². The molecule has 1 amide bonds. The molecule has 1 saturated heterocycles. The number of likely N-dealkylation sites (tertiary alicyclic amines) is 1. The van der Waals surface area contributed by atoms with Gasteiger partial charge in [0.2, 0.25) is 5.91 Å². The third-order valence-corrected chi connectivity index (χ3v) is 5.52. The maximum absolute atomic E-state index is 12.2. The lowest BCUT2D eigenvalue weighted by molar-refractivity contribution is -0.122. The van der Waals surface area contributed by atoms with Crippen LogP contribution in [0.5, 0.6) is 5.75 Å². The smallest absolute Gasteiger partial charge is 0.223 e. The number of hydrogen-bond donors (Lipinski definition) is 1. The summed E-state index contributed by atoms with van der Waals surface area (Å²) in [4.78, 5) is 14.7. The van der Waals surface area contributed by atoms with Gasteiger partial charge in [-0.2, -0.15) is 0 Å². The highest BCUT2D eigenvalue weighted by Crippen LogP contribution is 2.17. The molecule has 1 aliphatic rings. The van der Waals surface area contributed by atoms with Crippen LogP contribution in [0.2, 0.25) is 0 Å². The summed E-state index contributed by atoms with van der Waals surface area (Å²) in [5.74, 6) is 0.918. The van der Waals surface area contributed by atoms with E-state index in [9.17, 15) is 4.79 Å². The Hall–Kier alpha value is -2.33. The normalized spacial score (nSPS) is 15.4. The quantitative estimate of drug-likeness (QED) is 0.784. The first-order valence-corrected chi connectivity index (χ1v) is 10.3. The Balaban J connectivity index is 1.35. The molecule has 0 aliphatic carbocycles. The minimum atomic E-state index is 0.0842. The first-order valence-electron chi connectivity index (χ1n) is 10.3. The van der Waals surface area contributed by atoms with Gasteiger partial charge in [0.25, 0.3) is 0 Å². The molecule has 0 bridgehead atoms. The molecule has 2 aromatic carbocycles. The summed E-state index contributed by atoms with van der Waals surface area (Å²) >= 11 is 0. The Morgan fingerprint density at radius 1 is 1.07 bits per heavy atom. The number of nitrogens with one attached hydrogen (secondary N) is 1. The van der Waals surface area contributed by atoms with E-state index in [1.54, 1.807) is 0 Å². The van der Waals surface area contributed by atoms with Crippen LogP contribution in [0.15, 0.2) is 42.5 Å². The molecule has 0 radical (unpaired) electrons. The maximum Gasteiger partial charge on any atom is 0.223 e. The van der Waals surface area contributed by atoms with E-state index in [-0.39, 0.29) is 11.9 Å². The van der Waals surface area contributed by atoms with Crippen LogP contribution in [-0.2, 0) is 11.3 Å². The van der Waals surface area contributed by atoms with E-state index in [1.165, 1.54) is 22.3 Å². The van der Waals surface area contributed by atoms with Crippen molar-refractivity contribution in [1.82, 2.24) is 10.2 Å². The maximum atomic E-state index is 12.2. The van der Waals surface area contributed by atoms with E-state index in [1.807, 2.05) is 12.1 Å². The summed E-state index contributed by atoms with van der Waals surface area (Å²) in [6.45, 7) is 9.75. The summed E-state index contributed by atoms with van der Waals surface area (Å²) in [6.07, 6.45) is 2.42. The average molecular weight is 381 g/mol. The van der Waals surface area contributed by atoms with E-state index < -0.39 is 0 Å². The van der Waals surface area contributed by atoms with E-state index >= 15 is 0 Å². The summed E-state index contributed by atoms with van der Waals surface area (Å²) in [5.41, 5.74) is 5.13. The van der Waals surface area contributed by atoms with E-state index in [4.69, 9.17) is 4.74 Å². The highest BCUT2D eigenvalue weighted by atomic mass is 16.5. The zero-order valence-electron chi connectivity index (χ0n) is 17.3. The Bertz CT molecular complexity index is 795. The summed E-state index contributed by atoms with van der Waals surface area (Å²) in [7, 11) is 0. The summed E-state index contributed by atoms with van der Waals surface area (Å²) in [5, 5.41) is 3.17. The van der Waals surface area contributed by atoms with Crippen LogP contribution >= 0.6 is 0 Å². The summed E-state index contributed by atoms with van der Waals surface area (Å²) in [6, 6.07) is 15.0. The van der Waals surface area contributed by atoms with Gasteiger partial charge in [-0.3, -0.25) is 9.69 Å². The first kappa shape index (κ1) is 20.4. The monoisotopic (exact) mass is 380 g/mol. The molecule has 1 aliphatic heterocycles. The van der Waals surface area contributed by atoms with Crippen molar-refractivity contribution in [2.75, 3.05) is 19.7 Å². The molecule has 1 fully saturated rings. The lowest BCUT2D eigenvalue weighted by Crippen LogP contribution is -2.44. The Morgan fingerprint density at radius 3 is 2.57 bits per heavy atom. The minimum absolute atomic E-state index is 0.0842. The largest absolute Gasteiger partial charge is 0.493 e. The summed E-state index contributed by atoms with van der Waals surface area (Å²) < 4.78 is 5.73. The van der Waals surface area contributed by atoms with Gasteiger partial charge in [0, 0.05) is 25.7 Å². The number of carbonyl (C=O) groups excluding carboxylic acids is 1. The standard InChI is InChI=1S/C24H32N2O2/c1-18-5-4-6-21(15-18)17-26-12-9-22(10-13-26)25-24(27)11-14-28-23-8-7-19(2)20(3)16-23/h4-8,15-16,22H,9-14,17H2,1-3H3,(H,25,27). The number of piperidine rings is 1. The van der Waals surface area contributed by atoms with Crippen LogP contribution in [0, 0.1) is 20.8 Å². The van der Waals surface area contributed by atoms with Crippen LogP contribution < -0.4 is 10.1 Å². The number of ether oxygens (including phenoxy) is 1. The number of carbonyl (C=O) groups is 1. The molecular weight excluding hydrogens is 348 g/mol. The number of nitrogens with zero attached hydrogens (tertiary/aromatic N) is 1. The van der Waals surface area contributed by atoms with Gasteiger partial charge in [-0.15, -0.1) is 0 Å². The molecule has 0 atom stereocenters. The van der Waals surface area contributed by atoms with Crippen LogP contribution in [0.25, 0.3) is 0 Å². The zero-order chi connectivity index (χ0) is 19.9. The molecule has 0 saturated carbocycles. The van der Waals surface area contributed by atoms with Gasteiger partial charge in [0.05, 0.1) is 13.0 Å². The molecule has 150 valence electrons. The average Bonchev–Trinajstić information content (AvgIpc) is 2.66. The number of amides is 1. The fourth-order valence-electron chi connectivity index (χ4n) is 3.67. The SMILES string of the molecule is Cc1cccc(CN2CCC(NC(=O)CCOc3ccc(C)c(C)c3)CC2)c1. The molecular formula is C24H32N2O2. The number of rotatable bonds is 7. The zero-order valence-corrected chi connectivity index (χ0v) is 17.3. The Morgan fingerprint density at radius 2 is 1.86 bits per heavy atom. The van der Waals surface area contributed by atoms with Crippen molar-refractivity contribution in [3.05, 3.63) is 64.7 Å².